The molecule has 0 aromatic heterocycles. The van der Waals surface area contributed by atoms with E-state index in [1.54, 1.807) is 12.1 Å². The number of carbonyl (C=O) groups excluding carboxylic acids is 2. The molecule has 2 amide bonds. The zero-order valence-corrected chi connectivity index (χ0v) is 22.1. The van der Waals surface area contributed by atoms with E-state index in [2.05, 4.69) is 10.2 Å². The lowest BCUT2D eigenvalue weighted by molar-refractivity contribution is 0.0774. The highest BCUT2D eigenvalue weighted by molar-refractivity contribution is 7.90. The maximum atomic E-state index is 13.0. The average molecular weight is 538 g/mol. The van der Waals surface area contributed by atoms with E-state index in [0.717, 1.165) is 37.9 Å². The van der Waals surface area contributed by atoms with Gasteiger partial charge in [-0.2, -0.15) is 0 Å². The number of fused-ring (bicyclic) bond motifs is 1. The Morgan fingerprint density at radius 2 is 1.69 bits per heavy atom. The Bertz CT molecular complexity index is 1240. The highest BCUT2D eigenvalue weighted by Gasteiger charge is 2.41. The fraction of sp³-hybridized carbons (Fsp3) is 0.440. The Kier molecular flexibility index (Phi) is 7.76. The molecule has 2 aromatic carbocycles. The fourth-order valence-electron chi connectivity index (χ4n) is 4.85. The number of hydrogen-bond acceptors (Lipinski definition) is 5. The number of rotatable bonds is 7. The first-order valence-corrected chi connectivity index (χ1v) is 14.2. The molecule has 0 saturated carbocycles. The molecule has 2 fully saturated rings. The van der Waals surface area contributed by atoms with E-state index in [-0.39, 0.29) is 21.7 Å². The number of halogens is 2. The van der Waals surface area contributed by atoms with Gasteiger partial charge >= 0.3 is 0 Å². The van der Waals surface area contributed by atoms with Crippen molar-refractivity contribution in [2.24, 2.45) is 11.8 Å². The van der Waals surface area contributed by atoms with Crippen LogP contribution in [0.5, 0.6) is 0 Å². The van der Waals surface area contributed by atoms with Crippen molar-refractivity contribution in [2.75, 3.05) is 45.5 Å². The molecule has 4 rings (SSSR count). The lowest BCUT2D eigenvalue weighted by atomic mass is 10.0. The van der Waals surface area contributed by atoms with Gasteiger partial charge in [0, 0.05) is 49.6 Å². The van der Waals surface area contributed by atoms with Crippen LogP contribution in [0.15, 0.2) is 41.3 Å². The standard InChI is InChI=1S/C25H29Cl2N3O4S/c1-16-4-5-17(10-22(16)26)24(31)28-8-3-9-29-12-18-14-30(15-19(18)13-29)25(32)21-7-6-20(11-23(21)27)35(2,33)34/h4-7,10-11,18-19H,3,8-9,12-15H2,1-2H3,(H,28,31). The minimum atomic E-state index is -3.38. The first-order valence-electron chi connectivity index (χ1n) is 11.6. The highest BCUT2D eigenvalue weighted by atomic mass is 35.5. The van der Waals surface area contributed by atoms with Crippen LogP contribution in [0.1, 0.15) is 32.7 Å². The smallest absolute Gasteiger partial charge is 0.255 e. The molecule has 188 valence electrons. The normalized spacial score (nSPS) is 20.2. The number of nitrogens with one attached hydrogen (secondary N) is 1. The molecule has 7 nitrogen and oxygen atoms in total. The molecule has 2 aliphatic rings. The molecule has 0 aliphatic carbocycles. The second-order valence-corrected chi connectivity index (χ2v) is 12.3. The zero-order chi connectivity index (χ0) is 25.3. The first kappa shape index (κ1) is 25.9. The molecule has 10 heteroatoms. The van der Waals surface area contributed by atoms with E-state index in [9.17, 15) is 18.0 Å². The van der Waals surface area contributed by atoms with Crippen LogP contribution in [0.2, 0.25) is 10.0 Å². The zero-order valence-electron chi connectivity index (χ0n) is 19.8. The van der Waals surface area contributed by atoms with Crippen molar-refractivity contribution in [3.8, 4) is 0 Å². The van der Waals surface area contributed by atoms with Gasteiger partial charge in [0.2, 0.25) is 0 Å². The molecule has 2 saturated heterocycles. The summed E-state index contributed by atoms with van der Waals surface area (Å²) in [6.45, 7) is 6.52. The Morgan fingerprint density at radius 3 is 2.29 bits per heavy atom. The fourth-order valence-corrected chi connectivity index (χ4v) is 6.00. The summed E-state index contributed by atoms with van der Waals surface area (Å²) in [5, 5.41) is 3.70. The van der Waals surface area contributed by atoms with E-state index < -0.39 is 9.84 Å². The van der Waals surface area contributed by atoms with Gasteiger partial charge in [-0.1, -0.05) is 29.3 Å². The third kappa shape index (κ3) is 6.00. The van der Waals surface area contributed by atoms with E-state index in [1.807, 2.05) is 17.9 Å². The summed E-state index contributed by atoms with van der Waals surface area (Å²) in [6, 6.07) is 9.58. The first-order chi connectivity index (χ1) is 16.5. The van der Waals surface area contributed by atoms with Crippen molar-refractivity contribution >= 4 is 44.9 Å². The maximum absolute atomic E-state index is 13.0. The highest BCUT2D eigenvalue weighted by Crippen LogP contribution is 2.33. The summed E-state index contributed by atoms with van der Waals surface area (Å²) >= 11 is 12.3. The number of sulfone groups is 1. The molecule has 0 radical (unpaired) electrons. The predicted octanol–water partition coefficient (Wildman–Crippen LogP) is 3.53. The minimum Gasteiger partial charge on any atom is -0.352 e. The summed E-state index contributed by atoms with van der Waals surface area (Å²) in [6.07, 6.45) is 1.96. The average Bonchev–Trinajstić information content (AvgIpc) is 3.36. The van der Waals surface area contributed by atoms with Crippen molar-refractivity contribution in [1.82, 2.24) is 15.1 Å². The van der Waals surface area contributed by atoms with Gasteiger partial charge in [-0.15, -0.1) is 0 Å². The maximum Gasteiger partial charge on any atom is 0.255 e. The van der Waals surface area contributed by atoms with Gasteiger partial charge in [-0.25, -0.2) is 8.42 Å². The molecular formula is C25H29Cl2N3O4S. The summed E-state index contributed by atoms with van der Waals surface area (Å²) < 4.78 is 23.4. The molecule has 2 heterocycles. The van der Waals surface area contributed by atoms with Crippen LogP contribution >= 0.6 is 23.2 Å². The van der Waals surface area contributed by atoms with E-state index in [0.29, 0.717) is 47.6 Å². The Balaban J connectivity index is 1.22. The number of hydrogen-bond donors (Lipinski definition) is 1. The van der Waals surface area contributed by atoms with Crippen molar-refractivity contribution in [1.29, 1.82) is 0 Å². The van der Waals surface area contributed by atoms with Crippen LogP contribution in [0.25, 0.3) is 0 Å². The van der Waals surface area contributed by atoms with Crippen LogP contribution < -0.4 is 5.32 Å². The molecule has 35 heavy (non-hydrogen) atoms. The van der Waals surface area contributed by atoms with Gasteiger partial charge < -0.3 is 15.1 Å². The number of nitrogens with zero attached hydrogens (tertiary/aromatic N) is 2. The number of aryl methyl sites for hydroxylation is 1. The quantitative estimate of drug-likeness (QED) is 0.546. The van der Waals surface area contributed by atoms with Crippen molar-refractivity contribution in [3.05, 3.63) is 63.1 Å². The molecule has 2 aromatic rings. The van der Waals surface area contributed by atoms with Crippen molar-refractivity contribution in [2.45, 2.75) is 18.2 Å². The second-order valence-electron chi connectivity index (χ2n) is 9.48. The second kappa shape index (κ2) is 10.5. The molecule has 0 bridgehead atoms. The summed E-state index contributed by atoms with van der Waals surface area (Å²) in [4.78, 5) is 29.6. The number of carbonyl (C=O) groups is 2. The molecule has 2 aliphatic heterocycles. The number of benzene rings is 2. The number of amides is 2. The van der Waals surface area contributed by atoms with Crippen LogP contribution in [0, 0.1) is 18.8 Å². The van der Waals surface area contributed by atoms with Gasteiger partial charge in [0.05, 0.1) is 15.5 Å². The molecule has 0 spiro atoms. The third-order valence-electron chi connectivity index (χ3n) is 6.82. The third-order valence-corrected chi connectivity index (χ3v) is 8.65. The molecule has 2 unspecified atom stereocenters. The topological polar surface area (TPSA) is 86.8 Å². The monoisotopic (exact) mass is 537 g/mol. The minimum absolute atomic E-state index is 0.104. The van der Waals surface area contributed by atoms with Crippen molar-refractivity contribution in [3.63, 3.8) is 0 Å². The predicted molar refractivity (Wildman–Crippen MR) is 137 cm³/mol. The molecular weight excluding hydrogens is 509 g/mol. The van der Waals surface area contributed by atoms with Gasteiger partial charge in [-0.05, 0) is 67.6 Å². The van der Waals surface area contributed by atoms with E-state index in [1.165, 1.54) is 18.2 Å². The van der Waals surface area contributed by atoms with Crippen LogP contribution in [0.4, 0.5) is 0 Å². The summed E-state index contributed by atoms with van der Waals surface area (Å²) in [5.41, 5.74) is 1.84. The van der Waals surface area contributed by atoms with Gasteiger partial charge in [0.1, 0.15) is 0 Å². The largest absolute Gasteiger partial charge is 0.352 e. The van der Waals surface area contributed by atoms with Crippen molar-refractivity contribution < 1.29 is 18.0 Å². The molecule has 1 N–H and O–H groups in total. The summed E-state index contributed by atoms with van der Waals surface area (Å²) in [7, 11) is -3.38. The van der Waals surface area contributed by atoms with Gasteiger partial charge in [0.25, 0.3) is 11.8 Å². The number of likely N-dealkylation sites (tertiary alicyclic amines) is 2. The lowest BCUT2D eigenvalue weighted by Gasteiger charge is -2.22. The van der Waals surface area contributed by atoms with E-state index >= 15 is 0 Å². The Morgan fingerprint density at radius 1 is 1.00 bits per heavy atom. The van der Waals surface area contributed by atoms with E-state index in [4.69, 9.17) is 23.2 Å². The Hall–Kier alpha value is -2.13. The van der Waals surface area contributed by atoms with Crippen LogP contribution in [-0.4, -0.2) is 75.6 Å². The van der Waals surface area contributed by atoms with Crippen LogP contribution in [0.3, 0.4) is 0 Å². The Labute approximate surface area is 216 Å². The van der Waals surface area contributed by atoms with Gasteiger partial charge in [-0.3, -0.25) is 9.59 Å². The van der Waals surface area contributed by atoms with Gasteiger partial charge in [0.15, 0.2) is 9.84 Å². The SMILES string of the molecule is Cc1ccc(C(=O)NCCCN2CC3CN(C(=O)c4ccc(S(C)(=O)=O)cc4Cl)CC3C2)cc1Cl. The van der Waals surface area contributed by atoms with Crippen LogP contribution in [-0.2, 0) is 9.84 Å². The lowest BCUT2D eigenvalue weighted by Crippen LogP contribution is -2.34. The molecule has 2 atom stereocenters. The summed E-state index contributed by atoms with van der Waals surface area (Å²) in [5.74, 6) is 0.520.